The fraction of sp³-hybridized carbons (Fsp3) is 0.308. The molecule has 1 atom stereocenters. The molecule has 19 heavy (non-hydrogen) atoms. The zero-order chi connectivity index (χ0) is 13.8. The number of aromatic nitrogens is 1. The highest BCUT2D eigenvalue weighted by molar-refractivity contribution is 7.09. The third-order valence-corrected chi connectivity index (χ3v) is 3.98. The first kappa shape index (κ1) is 14.0. The Bertz CT molecular complexity index is 546. The van der Waals surface area contributed by atoms with E-state index < -0.39 is 0 Å². The van der Waals surface area contributed by atoms with Crippen LogP contribution in [0, 0.1) is 0 Å². The first-order valence-electron chi connectivity index (χ1n) is 5.72. The van der Waals surface area contributed by atoms with Gasteiger partial charge in [0.1, 0.15) is 11.5 Å². The highest BCUT2D eigenvalue weighted by atomic mass is 35.5. The molecule has 0 aliphatic carbocycles. The standard InChI is InChI=1S/C13H15ClN2O2S/c1-8(13-6-15-7-19-13)16-10-4-9(14)11(17-2)5-12(10)18-3/h4-8,16H,1-3H3. The number of ether oxygens (including phenoxy) is 2. The van der Waals surface area contributed by atoms with Crippen LogP contribution in [0.4, 0.5) is 5.69 Å². The summed E-state index contributed by atoms with van der Waals surface area (Å²) in [6.07, 6.45) is 1.85. The summed E-state index contributed by atoms with van der Waals surface area (Å²) in [5, 5.41) is 3.91. The molecule has 0 fully saturated rings. The number of nitrogens with zero attached hydrogens (tertiary/aromatic N) is 1. The SMILES string of the molecule is COc1cc(OC)c(NC(C)c2cncs2)cc1Cl. The van der Waals surface area contributed by atoms with Gasteiger partial charge in [0.05, 0.1) is 36.5 Å². The minimum atomic E-state index is 0.130. The predicted octanol–water partition coefficient (Wildman–Crippen LogP) is 3.99. The molecule has 0 aliphatic heterocycles. The highest BCUT2D eigenvalue weighted by Gasteiger charge is 2.13. The van der Waals surface area contributed by atoms with E-state index in [0.717, 1.165) is 10.6 Å². The fourth-order valence-corrected chi connectivity index (χ4v) is 2.59. The van der Waals surface area contributed by atoms with Crippen molar-refractivity contribution in [3.8, 4) is 11.5 Å². The summed E-state index contributed by atoms with van der Waals surface area (Å²) in [4.78, 5) is 5.22. The van der Waals surface area contributed by atoms with E-state index in [-0.39, 0.29) is 6.04 Å². The molecular formula is C13H15ClN2O2S. The van der Waals surface area contributed by atoms with Crippen molar-refractivity contribution in [2.75, 3.05) is 19.5 Å². The van der Waals surface area contributed by atoms with Gasteiger partial charge in [0.25, 0.3) is 0 Å². The van der Waals surface area contributed by atoms with Crippen LogP contribution in [0.15, 0.2) is 23.8 Å². The number of halogens is 1. The summed E-state index contributed by atoms with van der Waals surface area (Å²) in [6.45, 7) is 2.06. The van der Waals surface area contributed by atoms with E-state index in [9.17, 15) is 0 Å². The Morgan fingerprint density at radius 3 is 2.58 bits per heavy atom. The lowest BCUT2D eigenvalue weighted by Crippen LogP contribution is -2.06. The van der Waals surface area contributed by atoms with Gasteiger partial charge in [0.2, 0.25) is 0 Å². The molecule has 2 aromatic rings. The molecule has 1 heterocycles. The van der Waals surface area contributed by atoms with Crippen molar-refractivity contribution in [1.29, 1.82) is 0 Å². The van der Waals surface area contributed by atoms with Crippen LogP contribution in [-0.2, 0) is 0 Å². The van der Waals surface area contributed by atoms with Gasteiger partial charge in [-0.05, 0) is 13.0 Å². The minimum absolute atomic E-state index is 0.130. The average Bonchev–Trinajstić information content (AvgIpc) is 2.93. The van der Waals surface area contributed by atoms with Gasteiger partial charge in [-0.15, -0.1) is 11.3 Å². The maximum Gasteiger partial charge on any atom is 0.145 e. The van der Waals surface area contributed by atoms with Crippen LogP contribution in [0.1, 0.15) is 17.8 Å². The first-order chi connectivity index (χ1) is 9.15. The van der Waals surface area contributed by atoms with Gasteiger partial charge < -0.3 is 14.8 Å². The normalized spacial score (nSPS) is 12.0. The van der Waals surface area contributed by atoms with E-state index in [4.69, 9.17) is 21.1 Å². The molecule has 102 valence electrons. The van der Waals surface area contributed by atoms with Gasteiger partial charge in [-0.25, -0.2) is 0 Å². The molecule has 1 unspecified atom stereocenters. The van der Waals surface area contributed by atoms with E-state index in [0.29, 0.717) is 16.5 Å². The molecular weight excluding hydrogens is 284 g/mol. The zero-order valence-corrected chi connectivity index (χ0v) is 12.5. The second-order valence-corrected chi connectivity index (χ2v) is 5.28. The Hall–Kier alpha value is -1.46. The molecule has 0 amide bonds. The maximum atomic E-state index is 6.14. The topological polar surface area (TPSA) is 43.4 Å². The Labute approximate surface area is 121 Å². The molecule has 1 N–H and O–H groups in total. The van der Waals surface area contributed by atoms with Crippen molar-refractivity contribution < 1.29 is 9.47 Å². The van der Waals surface area contributed by atoms with Crippen molar-refractivity contribution in [3.63, 3.8) is 0 Å². The van der Waals surface area contributed by atoms with Crippen LogP contribution < -0.4 is 14.8 Å². The molecule has 0 spiro atoms. The summed E-state index contributed by atoms with van der Waals surface area (Å²) in [7, 11) is 3.19. The van der Waals surface area contributed by atoms with Crippen molar-refractivity contribution in [2.45, 2.75) is 13.0 Å². The van der Waals surface area contributed by atoms with E-state index >= 15 is 0 Å². The van der Waals surface area contributed by atoms with Crippen molar-refractivity contribution >= 4 is 28.6 Å². The molecule has 1 aromatic heterocycles. The summed E-state index contributed by atoms with van der Waals surface area (Å²) in [5.74, 6) is 1.28. The van der Waals surface area contributed by atoms with Crippen LogP contribution in [0.3, 0.4) is 0 Å². The van der Waals surface area contributed by atoms with Crippen molar-refractivity contribution in [2.24, 2.45) is 0 Å². The Morgan fingerprint density at radius 2 is 2.00 bits per heavy atom. The number of nitrogens with one attached hydrogen (secondary N) is 1. The third-order valence-electron chi connectivity index (χ3n) is 2.72. The number of methoxy groups -OCH3 is 2. The van der Waals surface area contributed by atoms with Crippen LogP contribution >= 0.6 is 22.9 Å². The number of hydrogen-bond donors (Lipinski definition) is 1. The first-order valence-corrected chi connectivity index (χ1v) is 6.98. The number of hydrogen-bond acceptors (Lipinski definition) is 5. The number of rotatable bonds is 5. The average molecular weight is 299 g/mol. The van der Waals surface area contributed by atoms with Crippen molar-refractivity contribution in [1.82, 2.24) is 4.98 Å². The monoisotopic (exact) mass is 298 g/mol. The number of anilines is 1. The lowest BCUT2D eigenvalue weighted by Gasteiger charge is -2.17. The highest BCUT2D eigenvalue weighted by Crippen LogP contribution is 2.37. The van der Waals surface area contributed by atoms with Crippen molar-refractivity contribution in [3.05, 3.63) is 33.7 Å². The van der Waals surface area contributed by atoms with Gasteiger partial charge in [-0.3, -0.25) is 4.98 Å². The second kappa shape index (κ2) is 6.12. The van der Waals surface area contributed by atoms with E-state index in [1.807, 2.05) is 11.7 Å². The largest absolute Gasteiger partial charge is 0.495 e. The smallest absolute Gasteiger partial charge is 0.145 e. The zero-order valence-electron chi connectivity index (χ0n) is 10.9. The van der Waals surface area contributed by atoms with Crippen LogP contribution in [0.5, 0.6) is 11.5 Å². The van der Waals surface area contributed by atoms with Gasteiger partial charge in [-0.1, -0.05) is 11.6 Å². The Kier molecular flexibility index (Phi) is 4.50. The number of benzene rings is 1. The quantitative estimate of drug-likeness (QED) is 0.906. The van der Waals surface area contributed by atoms with E-state index in [1.165, 1.54) is 0 Å². The van der Waals surface area contributed by atoms with Gasteiger partial charge in [-0.2, -0.15) is 0 Å². The Balaban J connectivity index is 2.26. The van der Waals surface area contributed by atoms with Crippen LogP contribution in [-0.4, -0.2) is 19.2 Å². The third kappa shape index (κ3) is 3.11. The van der Waals surface area contributed by atoms with Gasteiger partial charge in [0.15, 0.2) is 0 Å². The molecule has 1 aromatic carbocycles. The second-order valence-electron chi connectivity index (χ2n) is 3.96. The Morgan fingerprint density at radius 1 is 1.26 bits per heavy atom. The predicted molar refractivity (Wildman–Crippen MR) is 78.7 cm³/mol. The fourth-order valence-electron chi connectivity index (χ4n) is 1.72. The summed E-state index contributed by atoms with van der Waals surface area (Å²) in [5.41, 5.74) is 2.64. The lowest BCUT2D eigenvalue weighted by atomic mass is 10.2. The summed E-state index contributed by atoms with van der Waals surface area (Å²) < 4.78 is 10.5. The molecule has 0 saturated heterocycles. The van der Waals surface area contributed by atoms with Crippen LogP contribution in [0.2, 0.25) is 5.02 Å². The van der Waals surface area contributed by atoms with E-state index in [1.54, 1.807) is 37.7 Å². The maximum absolute atomic E-state index is 6.14. The van der Waals surface area contributed by atoms with Crippen LogP contribution in [0.25, 0.3) is 0 Å². The number of thiazole rings is 1. The lowest BCUT2D eigenvalue weighted by molar-refractivity contribution is 0.395. The summed E-state index contributed by atoms with van der Waals surface area (Å²) >= 11 is 7.74. The molecule has 2 rings (SSSR count). The summed E-state index contributed by atoms with van der Waals surface area (Å²) in [6, 6.07) is 3.70. The van der Waals surface area contributed by atoms with Gasteiger partial charge in [0, 0.05) is 17.1 Å². The minimum Gasteiger partial charge on any atom is -0.495 e. The molecule has 0 bridgehead atoms. The molecule has 6 heteroatoms. The van der Waals surface area contributed by atoms with E-state index in [2.05, 4.69) is 17.2 Å². The van der Waals surface area contributed by atoms with Gasteiger partial charge >= 0.3 is 0 Å². The molecule has 0 aliphatic rings. The molecule has 0 saturated carbocycles. The molecule has 0 radical (unpaired) electrons. The molecule has 4 nitrogen and oxygen atoms in total.